The summed E-state index contributed by atoms with van der Waals surface area (Å²) in [6, 6.07) is 6.47. The van der Waals surface area contributed by atoms with Crippen LogP contribution in [0.15, 0.2) is 18.2 Å². The van der Waals surface area contributed by atoms with Crippen molar-refractivity contribution in [2.45, 2.75) is 33.1 Å². The molecule has 0 spiro atoms. The second-order valence-corrected chi connectivity index (χ2v) is 7.49. The lowest BCUT2D eigenvalue weighted by Crippen LogP contribution is -2.12. The van der Waals surface area contributed by atoms with Gasteiger partial charge < -0.3 is 5.32 Å². The molecule has 1 atom stereocenters. The van der Waals surface area contributed by atoms with Gasteiger partial charge in [-0.3, -0.25) is 14.9 Å². The van der Waals surface area contributed by atoms with Crippen LogP contribution in [0.4, 0.5) is 10.7 Å². The van der Waals surface area contributed by atoms with E-state index < -0.39 is 4.92 Å². The van der Waals surface area contributed by atoms with Crippen molar-refractivity contribution in [1.29, 1.82) is 5.26 Å². The zero-order valence-electron chi connectivity index (χ0n) is 14.0. The standard InChI is InChI=1S/C18H17N3O3S/c1-10-3-5-13-14(9-19)18(25-16(13)7-10)20-17(22)12-4-6-15(21(23)24)11(2)8-12/h4,6,8,10H,3,5,7H2,1-2H3,(H,20,22)/t10-/m1/s1. The maximum Gasteiger partial charge on any atom is 0.272 e. The van der Waals surface area contributed by atoms with E-state index in [0.717, 1.165) is 24.8 Å². The van der Waals surface area contributed by atoms with Crippen molar-refractivity contribution in [1.82, 2.24) is 0 Å². The van der Waals surface area contributed by atoms with Crippen LogP contribution in [-0.4, -0.2) is 10.8 Å². The van der Waals surface area contributed by atoms with Crippen LogP contribution >= 0.6 is 11.3 Å². The number of nitrogens with one attached hydrogen (secondary N) is 1. The van der Waals surface area contributed by atoms with Gasteiger partial charge in [0.1, 0.15) is 11.1 Å². The molecule has 0 saturated carbocycles. The molecule has 25 heavy (non-hydrogen) atoms. The van der Waals surface area contributed by atoms with Crippen molar-refractivity contribution in [2.24, 2.45) is 5.92 Å². The number of nitro benzene ring substituents is 1. The molecular formula is C18H17N3O3S. The number of hydrogen-bond acceptors (Lipinski definition) is 5. The average molecular weight is 355 g/mol. The van der Waals surface area contributed by atoms with Crippen LogP contribution in [0.1, 0.15) is 45.3 Å². The molecule has 7 heteroatoms. The number of nitro groups is 1. The smallest absolute Gasteiger partial charge is 0.272 e. The Morgan fingerprint density at radius 3 is 2.88 bits per heavy atom. The van der Waals surface area contributed by atoms with Crippen molar-refractivity contribution in [3.8, 4) is 6.07 Å². The minimum Gasteiger partial charge on any atom is -0.312 e. The normalized spacial score (nSPS) is 16.0. The molecule has 3 rings (SSSR count). The Kier molecular flexibility index (Phi) is 4.55. The third-order valence-corrected chi connectivity index (χ3v) is 5.68. The van der Waals surface area contributed by atoms with Crippen LogP contribution in [0.25, 0.3) is 0 Å². The van der Waals surface area contributed by atoms with Gasteiger partial charge in [-0.15, -0.1) is 11.3 Å². The Bertz CT molecular complexity index is 911. The molecule has 1 aliphatic carbocycles. The average Bonchev–Trinajstić information content (AvgIpc) is 2.90. The first-order valence-electron chi connectivity index (χ1n) is 8.01. The molecule has 2 aromatic rings. The summed E-state index contributed by atoms with van der Waals surface area (Å²) >= 11 is 1.46. The Labute approximate surface area is 149 Å². The van der Waals surface area contributed by atoms with Crippen LogP contribution in [0.3, 0.4) is 0 Å². The largest absolute Gasteiger partial charge is 0.312 e. The lowest BCUT2D eigenvalue weighted by molar-refractivity contribution is -0.385. The minimum atomic E-state index is -0.473. The van der Waals surface area contributed by atoms with Gasteiger partial charge in [-0.1, -0.05) is 6.92 Å². The summed E-state index contributed by atoms with van der Waals surface area (Å²) in [5.41, 5.74) is 2.36. The molecule has 1 amide bonds. The number of rotatable bonds is 3. The summed E-state index contributed by atoms with van der Waals surface area (Å²) in [5.74, 6) is 0.222. The summed E-state index contributed by atoms with van der Waals surface area (Å²) in [5, 5.41) is 23.8. The van der Waals surface area contributed by atoms with Crippen molar-refractivity contribution < 1.29 is 9.72 Å². The molecule has 1 heterocycles. The minimum absolute atomic E-state index is 0.0187. The van der Waals surface area contributed by atoms with Crippen LogP contribution in [0.2, 0.25) is 0 Å². The molecule has 0 saturated heterocycles. The Hall–Kier alpha value is -2.72. The molecule has 0 radical (unpaired) electrons. The second kappa shape index (κ2) is 6.65. The molecule has 0 fully saturated rings. The van der Waals surface area contributed by atoms with E-state index in [9.17, 15) is 20.2 Å². The van der Waals surface area contributed by atoms with E-state index in [4.69, 9.17) is 0 Å². The first-order valence-corrected chi connectivity index (χ1v) is 8.83. The molecule has 0 unspecified atom stereocenters. The van der Waals surface area contributed by atoms with Crippen molar-refractivity contribution in [3.05, 3.63) is 55.4 Å². The molecule has 0 aliphatic heterocycles. The third-order valence-electron chi connectivity index (χ3n) is 4.51. The second-order valence-electron chi connectivity index (χ2n) is 6.38. The molecule has 1 aromatic carbocycles. The molecule has 1 aliphatic rings. The monoisotopic (exact) mass is 355 g/mol. The number of anilines is 1. The number of nitriles is 1. The Morgan fingerprint density at radius 2 is 2.24 bits per heavy atom. The van der Waals surface area contributed by atoms with Gasteiger partial charge in [-0.05, 0) is 49.8 Å². The fourth-order valence-corrected chi connectivity index (χ4v) is 4.49. The number of aryl methyl sites for hydroxylation is 1. The number of carbonyl (C=O) groups excluding carboxylic acids is 1. The zero-order valence-corrected chi connectivity index (χ0v) is 14.8. The van der Waals surface area contributed by atoms with Crippen LogP contribution in [0.5, 0.6) is 0 Å². The molecule has 1 N–H and O–H groups in total. The van der Waals surface area contributed by atoms with E-state index in [1.54, 1.807) is 6.92 Å². The molecule has 1 aromatic heterocycles. The number of nitrogens with zero attached hydrogens (tertiary/aromatic N) is 2. The van der Waals surface area contributed by atoms with Gasteiger partial charge in [-0.2, -0.15) is 5.26 Å². The summed E-state index contributed by atoms with van der Waals surface area (Å²) < 4.78 is 0. The number of thiophene rings is 1. The Balaban J connectivity index is 1.88. The SMILES string of the molecule is Cc1cc(C(=O)Nc2sc3c(c2C#N)CC[C@@H](C)C3)ccc1[N+](=O)[O-]. The lowest BCUT2D eigenvalue weighted by atomic mass is 9.88. The molecular weight excluding hydrogens is 338 g/mol. The fraction of sp³-hybridized carbons (Fsp3) is 0.333. The maximum atomic E-state index is 12.5. The summed E-state index contributed by atoms with van der Waals surface area (Å²) in [4.78, 5) is 24.1. The van der Waals surface area contributed by atoms with Gasteiger partial charge in [0, 0.05) is 22.1 Å². The highest BCUT2D eigenvalue weighted by Crippen LogP contribution is 2.39. The van der Waals surface area contributed by atoms with Gasteiger partial charge in [-0.25, -0.2) is 0 Å². The van der Waals surface area contributed by atoms with Gasteiger partial charge >= 0.3 is 0 Å². The summed E-state index contributed by atoms with van der Waals surface area (Å²) in [6.45, 7) is 3.79. The van der Waals surface area contributed by atoms with Gasteiger partial charge in [0.15, 0.2) is 0 Å². The highest BCUT2D eigenvalue weighted by atomic mass is 32.1. The van der Waals surface area contributed by atoms with Crippen molar-refractivity contribution >= 4 is 27.9 Å². The van der Waals surface area contributed by atoms with Crippen LogP contribution < -0.4 is 5.32 Å². The summed E-state index contributed by atoms with van der Waals surface area (Å²) in [6.07, 6.45) is 2.84. The number of fused-ring (bicyclic) bond motifs is 1. The predicted molar refractivity (Wildman–Crippen MR) is 96.0 cm³/mol. The van der Waals surface area contributed by atoms with Gasteiger partial charge in [0.2, 0.25) is 0 Å². The van der Waals surface area contributed by atoms with E-state index in [1.807, 2.05) is 0 Å². The van der Waals surface area contributed by atoms with Gasteiger partial charge in [0.25, 0.3) is 11.6 Å². The maximum absolute atomic E-state index is 12.5. The van der Waals surface area contributed by atoms with E-state index in [-0.39, 0.29) is 11.6 Å². The van der Waals surface area contributed by atoms with E-state index in [1.165, 1.54) is 34.4 Å². The number of carbonyl (C=O) groups is 1. The number of hydrogen-bond donors (Lipinski definition) is 1. The first kappa shape index (κ1) is 17.1. The quantitative estimate of drug-likeness (QED) is 0.659. The lowest BCUT2D eigenvalue weighted by Gasteiger charge is -2.17. The molecule has 0 bridgehead atoms. The Morgan fingerprint density at radius 1 is 1.48 bits per heavy atom. The van der Waals surface area contributed by atoms with Gasteiger partial charge in [0.05, 0.1) is 10.5 Å². The van der Waals surface area contributed by atoms with E-state index in [0.29, 0.717) is 27.6 Å². The van der Waals surface area contributed by atoms with Crippen LogP contribution in [-0.2, 0) is 12.8 Å². The van der Waals surface area contributed by atoms with Crippen molar-refractivity contribution in [2.75, 3.05) is 5.32 Å². The predicted octanol–water partition coefficient (Wildman–Crippen LogP) is 4.21. The van der Waals surface area contributed by atoms with Crippen molar-refractivity contribution in [3.63, 3.8) is 0 Å². The van der Waals surface area contributed by atoms with E-state index >= 15 is 0 Å². The highest BCUT2D eigenvalue weighted by molar-refractivity contribution is 7.16. The molecule has 6 nitrogen and oxygen atoms in total. The first-order chi connectivity index (χ1) is 11.9. The topological polar surface area (TPSA) is 96.0 Å². The van der Waals surface area contributed by atoms with Crippen LogP contribution in [0, 0.1) is 34.3 Å². The summed E-state index contributed by atoms with van der Waals surface area (Å²) in [7, 11) is 0. The number of amides is 1. The zero-order chi connectivity index (χ0) is 18.1. The highest BCUT2D eigenvalue weighted by Gasteiger charge is 2.25. The number of benzene rings is 1. The van der Waals surface area contributed by atoms with E-state index in [2.05, 4.69) is 18.3 Å². The molecule has 128 valence electrons. The third kappa shape index (κ3) is 3.26. The fourth-order valence-electron chi connectivity index (χ4n) is 3.13.